The van der Waals surface area contributed by atoms with Crippen molar-refractivity contribution in [3.63, 3.8) is 0 Å². The molecule has 0 bridgehead atoms. The van der Waals surface area contributed by atoms with Gasteiger partial charge in [0.15, 0.2) is 8.32 Å². The van der Waals surface area contributed by atoms with Gasteiger partial charge in [-0.2, -0.15) is 0 Å². The third-order valence-electron chi connectivity index (χ3n) is 4.80. The van der Waals surface area contributed by atoms with E-state index in [0.717, 1.165) is 18.7 Å². The van der Waals surface area contributed by atoms with Gasteiger partial charge >= 0.3 is 6.03 Å². The van der Waals surface area contributed by atoms with Crippen LogP contribution in [0.2, 0.25) is 23.2 Å². The van der Waals surface area contributed by atoms with Gasteiger partial charge in [-0.25, -0.2) is 4.79 Å². The van der Waals surface area contributed by atoms with E-state index in [1.807, 2.05) is 4.90 Å². The molecule has 0 radical (unpaired) electrons. The summed E-state index contributed by atoms with van der Waals surface area (Å²) in [7, 11) is -1.79. The molecule has 2 amide bonds. The lowest BCUT2D eigenvalue weighted by molar-refractivity contribution is 0.181. The molecule has 1 saturated heterocycles. The first-order valence-corrected chi connectivity index (χ1v) is 11.4. The third kappa shape index (κ3) is 4.72. The van der Waals surface area contributed by atoms with Gasteiger partial charge in [0, 0.05) is 23.8 Å². The van der Waals surface area contributed by atoms with E-state index in [1.165, 1.54) is 0 Å². The largest absolute Gasteiger partial charge is 0.412 e. The van der Waals surface area contributed by atoms with Crippen molar-refractivity contribution in [2.75, 3.05) is 18.4 Å². The molecular weight excluding hydrogens is 328 g/mol. The molecular formula is C17H27ClN2O2Si. The van der Waals surface area contributed by atoms with Crippen molar-refractivity contribution in [2.24, 2.45) is 0 Å². The number of carbonyl (C=O) groups is 1. The number of hydrogen-bond acceptors (Lipinski definition) is 2. The zero-order chi connectivity index (χ0) is 17.3. The maximum atomic E-state index is 12.3. The quantitative estimate of drug-likeness (QED) is 0.779. The van der Waals surface area contributed by atoms with Crippen molar-refractivity contribution in [1.82, 2.24) is 4.90 Å². The number of nitrogens with one attached hydrogen (secondary N) is 1. The molecule has 1 aliphatic heterocycles. The molecule has 1 aromatic carbocycles. The number of carbonyl (C=O) groups excluding carboxylic acids is 1. The summed E-state index contributed by atoms with van der Waals surface area (Å²) in [5, 5.41) is 3.75. The molecule has 0 saturated carbocycles. The Balaban J connectivity index is 1.89. The fraction of sp³-hybridized carbons (Fsp3) is 0.588. The summed E-state index contributed by atoms with van der Waals surface area (Å²) in [6.07, 6.45) is 1.05. The number of hydrogen-bond donors (Lipinski definition) is 1. The molecule has 6 heteroatoms. The van der Waals surface area contributed by atoms with Crippen molar-refractivity contribution < 1.29 is 9.22 Å². The highest BCUT2D eigenvalue weighted by Crippen LogP contribution is 2.38. The van der Waals surface area contributed by atoms with E-state index >= 15 is 0 Å². The number of urea groups is 1. The summed E-state index contributed by atoms with van der Waals surface area (Å²) in [6.45, 7) is 12.6. The summed E-state index contributed by atoms with van der Waals surface area (Å²) in [5.41, 5.74) is 0.758. The predicted molar refractivity (Wildman–Crippen MR) is 98.7 cm³/mol. The first kappa shape index (κ1) is 18.3. The molecule has 23 heavy (non-hydrogen) atoms. The molecule has 1 unspecified atom stereocenters. The van der Waals surface area contributed by atoms with Crippen LogP contribution in [0.25, 0.3) is 0 Å². The van der Waals surface area contributed by atoms with Crippen LogP contribution in [0.3, 0.4) is 0 Å². The monoisotopic (exact) mass is 354 g/mol. The first-order chi connectivity index (χ1) is 10.6. The fourth-order valence-electron chi connectivity index (χ4n) is 2.34. The lowest BCUT2D eigenvalue weighted by Crippen LogP contribution is -2.45. The Morgan fingerprint density at radius 1 is 1.30 bits per heavy atom. The first-order valence-electron chi connectivity index (χ1n) is 8.08. The smallest absolute Gasteiger partial charge is 0.321 e. The van der Waals surface area contributed by atoms with E-state index in [1.54, 1.807) is 24.3 Å². The van der Waals surface area contributed by atoms with Crippen LogP contribution in [0.15, 0.2) is 24.3 Å². The highest BCUT2D eigenvalue weighted by molar-refractivity contribution is 6.74. The Morgan fingerprint density at radius 2 is 1.91 bits per heavy atom. The zero-order valence-electron chi connectivity index (χ0n) is 14.6. The molecule has 1 fully saturated rings. The van der Waals surface area contributed by atoms with Gasteiger partial charge in [0.1, 0.15) is 0 Å². The molecule has 1 aliphatic rings. The van der Waals surface area contributed by atoms with Crippen LogP contribution >= 0.6 is 11.6 Å². The topological polar surface area (TPSA) is 41.6 Å². The van der Waals surface area contributed by atoms with Crippen molar-refractivity contribution in [1.29, 1.82) is 0 Å². The SMILES string of the molecule is CC(C)(C)[Si](C)(C)OC1CCN(C(=O)Nc2ccc(Cl)cc2)C1. The van der Waals surface area contributed by atoms with Crippen LogP contribution in [-0.4, -0.2) is 38.4 Å². The van der Waals surface area contributed by atoms with Gasteiger partial charge in [-0.1, -0.05) is 32.4 Å². The van der Waals surface area contributed by atoms with E-state index in [2.05, 4.69) is 39.2 Å². The van der Waals surface area contributed by atoms with Crippen molar-refractivity contribution in [3.8, 4) is 0 Å². The van der Waals surface area contributed by atoms with E-state index in [4.69, 9.17) is 16.0 Å². The highest BCUT2D eigenvalue weighted by atomic mass is 35.5. The minimum Gasteiger partial charge on any atom is -0.412 e. The highest BCUT2D eigenvalue weighted by Gasteiger charge is 2.41. The molecule has 1 aromatic rings. The van der Waals surface area contributed by atoms with Crippen LogP contribution < -0.4 is 5.32 Å². The normalized spacial score (nSPS) is 19.0. The fourth-order valence-corrected chi connectivity index (χ4v) is 3.84. The van der Waals surface area contributed by atoms with Gasteiger partial charge in [-0.3, -0.25) is 0 Å². The molecule has 0 aliphatic carbocycles. The van der Waals surface area contributed by atoms with E-state index in [-0.39, 0.29) is 17.2 Å². The summed E-state index contributed by atoms with van der Waals surface area (Å²) in [4.78, 5) is 14.2. The molecule has 2 rings (SSSR count). The van der Waals surface area contributed by atoms with Crippen LogP contribution in [0, 0.1) is 0 Å². The average molecular weight is 355 g/mol. The number of amides is 2. The summed E-state index contributed by atoms with van der Waals surface area (Å²) in [6, 6.07) is 7.07. The molecule has 1 heterocycles. The van der Waals surface area contributed by atoms with Crippen LogP contribution in [0.4, 0.5) is 10.5 Å². The van der Waals surface area contributed by atoms with Crippen LogP contribution in [-0.2, 0) is 4.43 Å². The standard InChI is InChI=1S/C17H27ClN2O2Si/c1-17(2,3)23(4,5)22-15-10-11-20(12-15)16(21)19-14-8-6-13(18)7-9-14/h6-9,15H,10-12H2,1-5H3,(H,19,21). The number of likely N-dealkylation sites (tertiary alicyclic amines) is 1. The molecule has 1 atom stereocenters. The minimum absolute atomic E-state index is 0.0753. The van der Waals surface area contributed by atoms with Gasteiger partial charge < -0.3 is 14.6 Å². The third-order valence-corrected chi connectivity index (χ3v) is 9.58. The lowest BCUT2D eigenvalue weighted by atomic mass is 10.2. The second-order valence-electron chi connectivity index (χ2n) is 7.67. The average Bonchev–Trinajstić information content (AvgIpc) is 2.88. The number of anilines is 1. The Labute approximate surface area is 145 Å². The second kappa shape index (κ2) is 6.83. The minimum atomic E-state index is -1.79. The number of benzene rings is 1. The van der Waals surface area contributed by atoms with Crippen LogP contribution in [0.1, 0.15) is 27.2 Å². The lowest BCUT2D eigenvalue weighted by Gasteiger charge is -2.38. The van der Waals surface area contributed by atoms with Gasteiger partial charge in [0.25, 0.3) is 0 Å². The summed E-state index contributed by atoms with van der Waals surface area (Å²) in [5.74, 6) is 0. The van der Waals surface area contributed by atoms with Gasteiger partial charge in [0.05, 0.1) is 6.10 Å². The summed E-state index contributed by atoms with van der Waals surface area (Å²) >= 11 is 5.86. The van der Waals surface area contributed by atoms with Gasteiger partial charge in [-0.05, 0) is 48.8 Å². The predicted octanol–water partition coefficient (Wildman–Crippen LogP) is 4.97. The number of halogens is 1. The van der Waals surface area contributed by atoms with Crippen molar-refractivity contribution >= 4 is 31.6 Å². The van der Waals surface area contributed by atoms with Gasteiger partial charge in [0.2, 0.25) is 0 Å². The summed E-state index contributed by atoms with van der Waals surface area (Å²) < 4.78 is 6.41. The van der Waals surface area contributed by atoms with Crippen molar-refractivity contribution in [3.05, 3.63) is 29.3 Å². The number of nitrogens with zero attached hydrogens (tertiary/aromatic N) is 1. The molecule has 1 N–H and O–H groups in total. The second-order valence-corrected chi connectivity index (χ2v) is 12.9. The van der Waals surface area contributed by atoms with E-state index < -0.39 is 8.32 Å². The number of rotatable bonds is 3. The zero-order valence-corrected chi connectivity index (χ0v) is 16.4. The molecule has 0 aromatic heterocycles. The Kier molecular flexibility index (Phi) is 5.43. The Bertz CT molecular complexity index is 555. The van der Waals surface area contributed by atoms with Gasteiger partial charge in [-0.15, -0.1) is 0 Å². The molecule has 4 nitrogen and oxygen atoms in total. The van der Waals surface area contributed by atoms with Crippen molar-refractivity contribution in [2.45, 2.75) is 51.4 Å². The maximum absolute atomic E-state index is 12.3. The van der Waals surface area contributed by atoms with Crippen LogP contribution in [0.5, 0.6) is 0 Å². The van der Waals surface area contributed by atoms with E-state index in [9.17, 15) is 4.79 Å². The van der Waals surface area contributed by atoms with E-state index in [0.29, 0.717) is 11.6 Å². The molecule has 128 valence electrons. The Hall–Kier alpha value is -1.04. The maximum Gasteiger partial charge on any atom is 0.321 e. The Morgan fingerprint density at radius 3 is 2.48 bits per heavy atom. The molecule has 0 spiro atoms.